The number of ether oxygens (including phenoxy) is 2. The molecule has 3 aliphatic heterocycles. The van der Waals surface area contributed by atoms with Crippen LogP contribution in [0.1, 0.15) is 70.7 Å². The van der Waals surface area contributed by atoms with E-state index in [4.69, 9.17) is 14.5 Å². The van der Waals surface area contributed by atoms with Crippen LogP contribution in [-0.2, 0) is 28.7 Å². The van der Waals surface area contributed by atoms with Crippen molar-refractivity contribution in [1.82, 2.24) is 26.1 Å². The lowest BCUT2D eigenvalue weighted by Crippen LogP contribution is -2.61. The van der Waals surface area contributed by atoms with Crippen molar-refractivity contribution in [2.75, 3.05) is 19.8 Å². The summed E-state index contributed by atoms with van der Waals surface area (Å²) in [5.74, 6) is -1.99. The molecular weight excluding hydrogens is 550 g/mol. The van der Waals surface area contributed by atoms with E-state index in [0.717, 1.165) is 16.5 Å². The van der Waals surface area contributed by atoms with Gasteiger partial charge in [0.05, 0.1) is 22.7 Å². The van der Waals surface area contributed by atoms with Gasteiger partial charge in [-0.1, -0.05) is 44.2 Å². The lowest BCUT2D eigenvalue weighted by Gasteiger charge is -2.36. The van der Waals surface area contributed by atoms with Crippen LogP contribution in [0.2, 0.25) is 0 Å². The maximum absolute atomic E-state index is 13.8. The third-order valence-corrected chi connectivity index (χ3v) is 8.52. The molecule has 3 N–H and O–H groups in total. The summed E-state index contributed by atoms with van der Waals surface area (Å²) in [6, 6.07) is 7.85. The molecule has 4 heterocycles. The van der Waals surface area contributed by atoms with Crippen LogP contribution < -0.4 is 16.1 Å². The van der Waals surface area contributed by atoms with Crippen LogP contribution in [0.15, 0.2) is 36.4 Å². The van der Waals surface area contributed by atoms with Crippen molar-refractivity contribution in [3.63, 3.8) is 0 Å². The Hall–Kier alpha value is -3.83. The number of carbonyl (C=O) groups is 4. The number of benzene rings is 1. The number of aromatic nitrogens is 1. The van der Waals surface area contributed by atoms with Crippen molar-refractivity contribution < 1.29 is 28.7 Å². The Labute approximate surface area is 251 Å². The predicted octanol–water partition coefficient (Wildman–Crippen LogP) is 2.80. The first-order valence-corrected chi connectivity index (χ1v) is 15.1. The fourth-order valence-electron chi connectivity index (χ4n) is 5.76. The molecule has 4 atom stereocenters. The number of nitrogens with one attached hydrogen (secondary N) is 3. The lowest BCUT2D eigenvalue weighted by atomic mass is 9.79. The van der Waals surface area contributed by atoms with Gasteiger partial charge in [-0.25, -0.2) is 5.43 Å². The van der Waals surface area contributed by atoms with Gasteiger partial charge < -0.3 is 20.1 Å². The predicted molar refractivity (Wildman–Crippen MR) is 160 cm³/mol. The minimum atomic E-state index is -1.09. The van der Waals surface area contributed by atoms with Gasteiger partial charge in [-0.3, -0.25) is 29.2 Å². The smallest absolute Gasteiger partial charge is 0.316 e. The molecule has 2 fully saturated rings. The first-order valence-electron chi connectivity index (χ1n) is 15.1. The average molecular weight is 592 g/mol. The van der Waals surface area contributed by atoms with Crippen molar-refractivity contribution in [1.29, 1.82) is 0 Å². The topological polar surface area (TPSA) is 139 Å². The summed E-state index contributed by atoms with van der Waals surface area (Å²) in [5, 5.41) is 8.10. The number of esters is 1. The molecule has 0 radical (unpaired) electrons. The highest BCUT2D eigenvalue weighted by Crippen LogP contribution is 2.35. The average Bonchev–Trinajstić information content (AvgIpc) is 3.01. The summed E-state index contributed by atoms with van der Waals surface area (Å²) in [6.07, 6.45) is 4.66. The van der Waals surface area contributed by atoms with Gasteiger partial charge in [0.25, 0.3) is 11.8 Å². The van der Waals surface area contributed by atoms with E-state index in [1.807, 2.05) is 49.4 Å². The van der Waals surface area contributed by atoms with Crippen molar-refractivity contribution >= 4 is 40.7 Å². The molecule has 3 aliphatic rings. The Morgan fingerprint density at radius 1 is 0.977 bits per heavy atom. The van der Waals surface area contributed by atoms with E-state index in [1.165, 1.54) is 5.01 Å². The highest BCUT2D eigenvalue weighted by Gasteiger charge is 2.42. The summed E-state index contributed by atoms with van der Waals surface area (Å²) in [5.41, 5.74) is 4.39. The highest BCUT2D eigenvalue weighted by molar-refractivity contribution is 5.92. The number of carbonyl (C=O) groups excluding carboxylic acids is 4. The zero-order valence-electron chi connectivity index (χ0n) is 25.2. The lowest BCUT2D eigenvalue weighted by molar-refractivity contribution is -0.170. The van der Waals surface area contributed by atoms with E-state index < -0.39 is 35.5 Å². The Morgan fingerprint density at radius 3 is 2.44 bits per heavy atom. The number of hydrazine groups is 1. The molecule has 0 saturated carbocycles. The van der Waals surface area contributed by atoms with Gasteiger partial charge in [-0.05, 0) is 63.1 Å². The van der Waals surface area contributed by atoms with E-state index in [1.54, 1.807) is 20.8 Å². The third kappa shape index (κ3) is 6.73. The van der Waals surface area contributed by atoms with Crippen LogP contribution >= 0.6 is 0 Å². The van der Waals surface area contributed by atoms with Crippen LogP contribution in [0.4, 0.5) is 0 Å². The molecule has 1 aromatic heterocycles. The normalized spacial score (nSPS) is 28.0. The zero-order chi connectivity index (χ0) is 30.7. The molecule has 2 aromatic rings. The second kappa shape index (κ2) is 12.8. The monoisotopic (exact) mass is 591 g/mol. The molecule has 2 saturated heterocycles. The standard InChI is InChI=1S/C32H41N5O6/c1-19(2)27-29(39)34-21(4)30(40)37-15-5-6-25(36-37)28(38)33-20(3)24-10-9-23-8-7-22(18-26(23)35-24)11-12-32(31(41)43-27)13-16-42-17-14-32/h7-12,18-21,25,27,36H,5-6,13-17H2,1-4H3,(H,33,38)(H,34,39)/b12-11-/t20-,21+,25+,27+/m1/s1. The molecule has 1 aromatic carbocycles. The quantitative estimate of drug-likeness (QED) is 0.431. The van der Waals surface area contributed by atoms with Crippen molar-refractivity contribution in [2.24, 2.45) is 11.3 Å². The molecule has 230 valence electrons. The van der Waals surface area contributed by atoms with Crippen molar-refractivity contribution in [3.8, 4) is 0 Å². The van der Waals surface area contributed by atoms with Crippen LogP contribution in [0.3, 0.4) is 0 Å². The Morgan fingerprint density at radius 2 is 1.70 bits per heavy atom. The fourth-order valence-corrected chi connectivity index (χ4v) is 5.76. The summed E-state index contributed by atoms with van der Waals surface area (Å²) >= 11 is 0. The van der Waals surface area contributed by atoms with E-state index in [0.29, 0.717) is 51.1 Å². The first kappa shape index (κ1) is 30.6. The number of cyclic esters (lactones) is 1. The number of hydrogen-bond acceptors (Lipinski definition) is 8. The second-order valence-corrected chi connectivity index (χ2v) is 12.1. The maximum Gasteiger partial charge on any atom is 0.316 e. The number of amides is 3. The first-order chi connectivity index (χ1) is 20.6. The zero-order valence-corrected chi connectivity index (χ0v) is 25.2. The van der Waals surface area contributed by atoms with Crippen molar-refractivity contribution in [3.05, 3.63) is 47.7 Å². The molecule has 5 rings (SSSR count). The Balaban J connectivity index is 1.53. The van der Waals surface area contributed by atoms with Crippen LogP contribution in [0, 0.1) is 11.3 Å². The SMILES string of the molecule is CC(C)[C@@H]1OC(=O)C2(/C=C\c3ccc4ccc(nc4c3)[C@@H](C)NC(=O)[C@@H]3CCCN(N3)C(=O)[C@H](C)NC1=O)CCOCC2. The molecule has 3 amide bonds. The molecular formula is C32H41N5O6. The molecule has 11 heteroatoms. The molecule has 11 nitrogen and oxygen atoms in total. The van der Waals surface area contributed by atoms with E-state index in [2.05, 4.69) is 16.1 Å². The van der Waals surface area contributed by atoms with Crippen LogP contribution in [-0.4, -0.2) is 71.6 Å². The van der Waals surface area contributed by atoms with Gasteiger partial charge in [0.15, 0.2) is 6.10 Å². The number of hydrogen-bond donors (Lipinski definition) is 3. The molecule has 0 aliphatic carbocycles. The summed E-state index contributed by atoms with van der Waals surface area (Å²) < 4.78 is 11.5. The largest absolute Gasteiger partial charge is 0.451 e. The maximum atomic E-state index is 13.8. The summed E-state index contributed by atoms with van der Waals surface area (Å²) in [6.45, 7) is 8.22. The van der Waals surface area contributed by atoms with Gasteiger partial charge >= 0.3 is 5.97 Å². The third-order valence-electron chi connectivity index (χ3n) is 8.52. The van der Waals surface area contributed by atoms with Crippen LogP contribution in [0.25, 0.3) is 17.0 Å². The van der Waals surface area contributed by atoms with Gasteiger partial charge in [0, 0.05) is 25.1 Å². The number of pyridine rings is 1. The van der Waals surface area contributed by atoms with Gasteiger partial charge in [0.2, 0.25) is 5.91 Å². The Bertz CT molecular complexity index is 1420. The van der Waals surface area contributed by atoms with E-state index in [-0.39, 0.29) is 23.8 Å². The van der Waals surface area contributed by atoms with E-state index >= 15 is 0 Å². The van der Waals surface area contributed by atoms with Crippen LogP contribution in [0.5, 0.6) is 0 Å². The highest BCUT2D eigenvalue weighted by atomic mass is 16.6. The van der Waals surface area contributed by atoms with Gasteiger partial charge in [0.1, 0.15) is 12.1 Å². The minimum absolute atomic E-state index is 0.236. The molecule has 1 spiro atoms. The minimum Gasteiger partial charge on any atom is -0.451 e. The number of nitrogens with zero attached hydrogens (tertiary/aromatic N) is 2. The fraction of sp³-hybridized carbons (Fsp3) is 0.531. The molecule has 0 unspecified atom stereocenters. The van der Waals surface area contributed by atoms with Gasteiger partial charge in [-0.2, -0.15) is 0 Å². The van der Waals surface area contributed by atoms with E-state index in [9.17, 15) is 19.2 Å². The molecule has 5 bridgehead atoms. The Kier molecular flexibility index (Phi) is 9.12. The van der Waals surface area contributed by atoms with Gasteiger partial charge in [-0.15, -0.1) is 0 Å². The number of rotatable bonds is 1. The summed E-state index contributed by atoms with van der Waals surface area (Å²) in [4.78, 5) is 58.5. The summed E-state index contributed by atoms with van der Waals surface area (Å²) in [7, 11) is 0. The molecule has 43 heavy (non-hydrogen) atoms. The number of fused-ring (bicyclic) bond motifs is 4. The second-order valence-electron chi connectivity index (χ2n) is 12.1. The van der Waals surface area contributed by atoms with Crippen molar-refractivity contribution in [2.45, 2.75) is 77.6 Å².